The van der Waals surface area contributed by atoms with Gasteiger partial charge in [0, 0.05) is 9.35 Å². The SMILES string of the molecule is O=C(O)c1nnn(Cc2sccc2Br)c1C(F)(F)F. The number of aromatic carboxylic acids is 1. The fraction of sp³-hybridized carbons (Fsp3) is 0.222. The molecule has 0 aliphatic carbocycles. The number of rotatable bonds is 3. The summed E-state index contributed by atoms with van der Waals surface area (Å²) in [5, 5.41) is 16.7. The summed E-state index contributed by atoms with van der Waals surface area (Å²) in [5.74, 6) is -1.76. The lowest BCUT2D eigenvalue weighted by Crippen LogP contribution is -2.18. The molecule has 0 fully saturated rings. The molecule has 0 bridgehead atoms. The Balaban J connectivity index is 2.47. The molecule has 10 heteroatoms. The molecule has 0 aliphatic heterocycles. The molecule has 2 aromatic heterocycles. The number of hydrogen-bond donors (Lipinski definition) is 1. The number of hydrogen-bond acceptors (Lipinski definition) is 4. The van der Waals surface area contributed by atoms with Crippen molar-refractivity contribution >= 4 is 33.2 Å². The van der Waals surface area contributed by atoms with Crippen molar-refractivity contribution in [1.29, 1.82) is 0 Å². The van der Waals surface area contributed by atoms with Gasteiger partial charge in [-0.2, -0.15) is 13.2 Å². The maximum absolute atomic E-state index is 12.9. The van der Waals surface area contributed by atoms with Crippen LogP contribution in [-0.4, -0.2) is 26.1 Å². The first-order valence-electron chi connectivity index (χ1n) is 4.76. The van der Waals surface area contributed by atoms with Crippen LogP contribution in [0.25, 0.3) is 0 Å². The van der Waals surface area contributed by atoms with Crippen molar-refractivity contribution in [2.24, 2.45) is 0 Å². The van der Waals surface area contributed by atoms with Crippen molar-refractivity contribution in [2.75, 3.05) is 0 Å². The van der Waals surface area contributed by atoms with Gasteiger partial charge in [0.1, 0.15) is 0 Å². The van der Waals surface area contributed by atoms with Crippen LogP contribution in [0.1, 0.15) is 21.1 Å². The van der Waals surface area contributed by atoms with Crippen molar-refractivity contribution in [3.63, 3.8) is 0 Å². The molecule has 2 rings (SSSR count). The number of carbonyl (C=O) groups is 1. The highest BCUT2D eigenvalue weighted by Gasteiger charge is 2.41. The second-order valence-electron chi connectivity index (χ2n) is 3.44. The normalized spacial score (nSPS) is 11.8. The number of alkyl halides is 3. The molecule has 0 unspecified atom stereocenters. The third-order valence-electron chi connectivity index (χ3n) is 2.19. The number of thiophene rings is 1. The predicted octanol–water partition coefficient (Wildman–Crippen LogP) is 2.87. The van der Waals surface area contributed by atoms with Crippen LogP contribution in [0.2, 0.25) is 0 Å². The van der Waals surface area contributed by atoms with Gasteiger partial charge in [-0.1, -0.05) is 5.21 Å². The average molecular weight is 356 g/mol. The highest BCUT2D eigenvalue weighted by Crippen LogP contribution is 2.32. The van der Waals surface area contributed by atoms with Gasteiger partial charge in [0.2, 0.25) is 5.69 Å². The smallest absolute Gasteiger partial charge is 0.435 e. The first-order valence-corrected chi connectivity index (χ1v) is 6.44. The standard InChI is InChI=1S/C9H5BrF3N3O2S/c10-4-1-2-19-5(4)3-16-7(9(11,12)13)6(8(17)18)14-15-16/h1-2H,3H2,(H,17,18). The Morgan fingerprint density at radius 2 is 2.21 bits per heavy atom. The second-order valence-corrected chi connectivity index (χ2v) is 5.29. The molecule has 1 N–H and O–H groups in total. The molecule has 0 radical (unpaired) electrons. The maximum Gasteiger partial charge on any atom is 0.435 e. The Kier molecular flexibility index (Phi) is 3.63. The Morgan fingerprint density at radius 1 is 1.53 bits per heavy atom. The molecule has 2 aromatic rings. The van der Waals surface area contributed by atoms with E-state index in [0.29, 0.717) is 14.0 Å². The van der Waals surface area contributed by atoms with Gasteiger partial charge in [0.05, 0.1) is 6.54 Å². The van der Waals surface area contributed by atoms with E-state index in [1.54, 1.807) is 11.4 Å². The van der Waals surface area contributed by atoms with Crippen LogP contribution in [-0.2, 0) is 12.7 Å². The fourth-order valence-electron chi connectivity index (χ4n) is 1.42. The zero-order valence-electron chi connectivity index (χ0n) is 8.98. The molecule has 102 valence electrons. The van der Waals surface area contributed by atoms with Crippen LogP contribution in [0.3, 0.4) is 0 Å². The minimum absolute atomic E-state index is 0.201. The van der Waals surface area contributed by atoms with Gasteiger partial charge >= 0.3 is 12.1 Å². The minimum atomic E-state index is -4.83. The van der Waals surface area contributed by atoms with Crippen LogP contribution in [0.4, 0.5) is 13.2 Å². The van der Waals surface area contributed by atoms with Crippen LogP contribution < -0.4 is 0 Å². The molecule has 5 nitrogen and oxygen atoms in total. The first-order chi connectivity index (χ1) is 8.80. The van der Waals surface area contributed by atoms with Gasteiger partial charge in [0.25, 0.3) is 0 Å². The zero-order valence-corrected chi connectivity index (χ0v) is 11.4. The largest absolute Gasteiger partial charge is 0.476 e. The molecule has 0 saturated carbocycles. The lowest BCUT2D eigenvalue weighted by molar-refractivity contribution is -0.144. The van der Waals surface area contributed by atoms with Crippen molar-refractivity contribution in [2.45, 2.75) is 12.7 Å². The van der Waals surface area contributed by atoms with E-state index in [1.807, 2.05) is 0 Å². The number of carboxylic acids is 1. The Hall–Kier alpha value is -1.42. The molecule has 0 spiro atoms. The van der Waals surface area contributed by atoms with Gasteiger partial charge in [-0.25, -0.2) is 9.48 Å². The molecule has 2 heterocycles. The molecule has 0 saturated heterocycles. The molecule has 0 amide bonds. The number of nitrogens with zero attached hydrogens (tertiary/aromatic N) is 3. The fourth-order valence-corrected chi connectivity index (χ4v) is 2.88. The van der Waals surface area contributed by atoms with Gasteiger partial charge in [-0.3, -0.25) is 0 Å². The van der Waals surface area contributed by atoms with Crippen LogP contribution in [0.15, 0.2) is 15.9 Å². The van der Waals surface area contributed by atoms with Crippen LogP contribution >= 0.6 is 27.3 Å². The molecular formula is C9H5BrF3N3O2S. The van der Waals surface area contributed by atoms with E-state index in [1.165, 1.54) is 11.3 Å². The van der Waals surface area contributed by atoms with Crippen molar-refractivity contribution in [3.05, 3.63) is 32.2 Å². The van der Waals surface area contributed by atoms with E-state index in [4.69, 9.17) is 5.11 Å². The number of halogens is 4. The van der Waals surface area contributed by atoms with Crippen LogP contribution in [0.5, 0.6) is 0 Å². The topological polar surface area (TPSA) is 68.0 Å². The first kappa shape index (κ1) is 14.0. The van der Waals surface area contributed by atoms with E-state index in [0.717, 1.165) is 0 Å². The van der Waals surface area contributed by atoms with E-state index in [2.05, 4.69) is 26.2 Å². The molecule has 0 aliphatic rings. The molecular weight excluding hydrogens is 351 g/mol. The summed E-state index contributed by atoms with van der Waals surface area (Å²) in [6, 6.07) is 1.68. The number of aromatic nitrogens is 3. The summed E-state index contributed by atoms with van der Waals surface area (Å²) in [6.45, 7) is -0.201. The monoisotopic (exact) mass is 355 g/mol. The molecule has 19 heavy (non-hydrogen) atoms. The van der Waals surface area contributed by atoms with E-state index < -0.39 is 23.5 Å². The van der Waals surface area contributed by atoms with Gasteiger partial charge in [-0.15, -0.1) is 16.4 Å². The quantitative estimate of drug-likeness (QED) is 0.919. The van der Waals surface area contributed by atoms with Gasteiger partial charge in [0.15, 0.2) is 5.69 Å². The highest BCUT2D eigenvalue weighted by atomic mass is 79.9. The molecule has 0 aromatic carbocycles. The summed E-state index contributed by atoms with van der Waals surface area (Å²) in [6.07, 6.45) is -4.83. The molecule has 0 atom stereocenters. The highest BCUT2D eigenvalue weighted by molar-refractivity contribution is 9.10. The Morgan fingerprint density at radius 3 is 2.68 bits per heavy atom. The summed E-state index contributed by atoms with van der Waals surface area (Å²) in [7, 11) is 0. The summed E-state index contributed by atoms with van der Waals surface area (Å²) in [4.78, 5) is 11.3. The third-order valence-corrected chi connectivity index (χ3v) is 4.10. The van der Waals surface area contributed by atoms with Crippen molar-refractivity contribution in [1.82, 2.24) is 15.0 Å². The maximum atomic E-state index is 12.9. The predicted molar refractivity (Wildman–Crippen MR) is 63.1 cm³/mol. The Bertz CT molecular complexity index is 622. The van der Waals surface area contributed by atoms with Crippen molar-refractivity contribution < 1.29 is 23.1 Å². The average Bonchev–Trinajstić information content (AvgIpc) is 2.85. The second kappa shape index (κ2) is 4.93. The summed E-state index contributed by atoms with van der Waals surface area (Å²) < 4.78 is 39.8. The zero-order chi connectivity index (χ0) is 14.2. The minimum Gasteiger partial charge on any atom is -0.476 e. The number of carboxylic acid groups (broad SMARTS) is 1. The van der Waals surface area contributed by atoms with E-state index >= 15 is 0 Å². The summed E-state index contributed by atoms with van der Waals surface area (Å²) >= 11 is 4.42. The van der Waals surface area contributed by atoms with Gasteiger partial charge < -0.3 is 5.11 Å². The van der Waals surface area contributed by atoms with E-state index in [-0.39, 0.29) is 6.54 Å². The lowest BCUT2D eigenvalue weighted by Gasteiger charge is -2.09. The lowest BCUT2D eigenvalue weighted by atomic mass is 10.3. The van der Waals surface area contributed by atoms with Gasteiger partial charge in [-0.05, 0) is 27.4 Å². The Labute approximate surface area is 116 Å². The van der Waals surface area contributed by atoms with E-state index in [9.17, 15) is 18.0 Å². The summed E-state index contributed by atoms with van der Waals surface area (Å²) in [5.41, 5.74) is -2.46. The third kappa shape index (κ3) is 2.78. The van der Waals surface area contributed by atoms with Crippen molar-refractivity contribution in [3.8, 4) is 0 Å². The van der Waals surface area contributed by atoms with Crippen LogP contribution in [0, 0.1) is 0 Å².